The second kappa shape index (κ2) is 4.16. The maximum Gasteiger partial charge on any atom is 0.0736 e. The lowest BCUT2D eigenvalue weighted by Gasteiger charge is -2.16. The third kappa shape index (κ3) is 2.11. The van der Waals surface area contributed by atoms with Gasteiger partial charge in [-0.05, 0) is 13.0 Å². The molecule has 1 rings (SSSR count). The summed E-state index contributed by atoms with van der Waals surface area (Å²) in [5.41, 5.74) is 1.54. The quantitative estimate of drug-likeness (QED) is 0.330. The van der Waals surface area contributed by atoms with Crippen LogP contribution < -0.4 is 10.6 Å². The lowest BCUT2D eigenvalue weighted by Crippen LogP contribution is -2.31. The molecule has 0 aromatic carbocycles. The molecule has 0 spiro atoms. The first-order chi connectivity index (χ1) is 4.84. The molecular weight excluding hydrogens is 164 g/mol. The van der Waals surface area contributed by atoms with Crippen LogP contribution in [0.5, 0.6) is 0 Å². The van der Waals surface area contributed by atoms with Crippen LogP contribution in [0.4, 0.5) is 0 Å². The Bertz CT molecular complexity index is 112. The minimum Gasteiger partial charge on any atom is -0.370 e. The Hall–Kier alpha value is 0.200. The highest BCUT2D eigenvalue weighted by molar-refractivity contribution is 7.81. The third-order valence-electron chi connectivity index (χ3n) is 1.78. The van der Waals surface area contributed by atoms with Gasteiger partial charge in [-0.25, -0.2) is 0 Å². The molecule has 0 aliphatic carbocycles. The highest BCUT2D eigenvalue weighted by Gasteiger charge is 2.20. The van der Waals surface area contributed by atoms with Crippen molar-refractivity contribution in [1.29, 1.82) is 0 Å². The van der Waals surface area contributed by atoms with E-state index in [1.807, 2.05) is 0 Å². The number of hydrogen-bond acceptors (Lipinski definition) is 3. The first kappa shape index (κ1) is 8.30. The molecule has 1 fully saturated rings. The van der Waals surface area contributed by atoms with Crippen LogP contribution in [-0.2, 0) is 0 Å². The Kier molecular flexibility index (Phi) is 3.45. The molecule has 4 heteroatoms. The van der Waals surface area contributed by atoms with E-state index in [4.69, 9.17) is 0 Å². The molecule has 1 aliphatic rings. The zero-order chi connectivity index (χ0) is 7.40. The van der Waals surface area contributed by atoms with Crippen LogP contribution in [0, 0.1) is 5.92 Å². The van der Waals surface area contributed by atoms with Gasteiger partial charge in [0.2, 0.25) is 0 Å². The fraction of sp³-hybridized carbons (Fsp3) is 0.833. The van der Waals surface area contributed by atoms with E-state index in [9.17, 15) is 0 Å². The Morgan fingerprint density at radius 1 is 1.80 bits per heavy atom. The SMILES string of the molecule is S=CNC(S)C1CCNC1. The number of nitrogens with one attached hydrogen (secondary N) is 2. The molecule has 0 aromatic rings. The van der Waals surface area contributed by atoms with Gasteiger partial charge in [0.05, 0.1) is 10.9 Å². The number of thiocarbonyl (C=S) groups is 1. The van der Waals surface area contributed by atoms with Gasteiger partial charge in [-0.3, -0.25) is 0 Å². The minimum atomic E-state index is 0.229. The first-order valence-corrected chi connectivity index (χ1v) is 4.42. The van der Waals surface area contributed by atoms with Gasteiger partial charge in [-0.1, -0.05) is 12.2 Å². The molecule has 2 unspecified atom stereocenters. The monoisotopic (exact) mass is 176 g/mol. The molecular formula is C6H12N2S2. The molecule has 0 saturated carbocycles. The number of rotatable bonds is 3. The van der Waals surface area contributed by atoms with Crippen LogP contribution in [-0.4, -0.2) is 24.0 Å². The lowest BCUT2D eigenvalue weighted by molar-refractivity contribution is 0.538. The Labute approximate surface area is 72.2 Å². The van der Waals surface area contributed by atoms with Crippen molar-refractivity contribution >= 4 is 30.3 Å². The van der Waals surface area contributed by atoms with Crippen LogP contribution in [0.3, 0.4) is 0 Å². The molecule has 0 aromatic heterocycles. The maximum atomic E-state index is 4.66. The fourth-order valence-electron chi connectivity index (χ4n) is 1.15. The first-order valence-electron chi connectivity index (χ1n) is 3.43. The Morgan fingerprint density at radius 3 is 3.10 bits per heavy atom. The highest BCUT2D eigenvalue weighted by Crippen LogP contribution is 2.14. The van der Waals surface area contributed by atoms with Crippen LogP contribution in [0.15, 0.2) is 0 Å². The highest BCUT2D eigenvalue weighted by atomic mass is 32.1. The van der Waals surface area contributed by atoms with Gasteiger partial charge < -0.3 is 10.6 Å². The summed E-state index contributed by atoms with van der Waals surface area (Å²) in [6, 6.07) is 0. The van der Waals surface area contributed by atoms with E-state index in [1.54, 1.807) is 0 Å². The van der Waals surface area contributed by atoms with Gasteiger partial charge >= 0.3 is 0 Å². The van der Waals surface area contributed by atoms with Gasteiger partial charge in [0, 0.05) is 12.5 Å². The summed E-state index contributed by atoms with van der Waals surface area (Å²) in [4.78, 5) is 0. The molecule has 0 bridgehead atoms. The molecule has 2 atom stereocenters. The van der Waals surface area contributed by atoms with Gasteiger partial charge in [-0.15, -0.1) is 0 Å². The van der Waals surface area contributed by atoms with Gasteiger partial charge in [-0.2, -0.15) is 12.6 Å². The van der Waals surface area contributed by atoms with Crippen molar-refractivity contribution in [2.45, 2.75) is 11.8 Å². The van der Waals surface area contributed by atoms with Gasteiger partial charge in [0.15, 0.2) is 0 Å². The summed E-state index contributed by atoms with van der Waals surface area (Å²) in [5, 5.41) is 6.51. The third-order valence-corrected chi connectivity index (χ3v) is 2.49. The molecule has 0 radical (unpaired) electrons. The lowest BCUT2D eigenvalue weighted by atomic mass is 10.1. The van der Waals surface area contributed by atoms with E-state index < -0.39 is 0 Å². The van der Waals surface area contributed by atoms with E-state index in [-0.39, 0.29) is 5.37 Å². The summed E-state index contributed by atoms with van der Waals surface area (Å²) >= 11 is 9.01. The molecule has 2 nitrogen and oxygen atoms in total. The smallest absolute Gasteiger partial charge is 0.0736 e. The molecule has 1 aliphatic heterocycles. The maximum absolute atomic E-state index is 4.66. The van der Waals surface area contributed by atoms with Crippen molar-refractivity contribution in [3.8, 4) is 0 Å². The van der Waals surface area contributed by atoms with Crippen LogP contribution in [0.25, 0.3) is 0 Å². The second-order valence-corrected chi connectivity index (χ2v) is 3.27. The standard InChI is InChI=1S/C6H12N2S2/c9-4-8-6(10)5-1-2-7-3-5/h4-7,10H,1-3H2,(H,8,9). The Balaban J connectivity index is 2.24. The Morgan fingerprint density at radius 2 is 2.60 bits per heavy atom. The zero-order valence-electron chi connectivity index (χ0n) is 5.71. The number of hydrogen-bond donors (Lipinski definition) is 3. The van der Waals surface area contributed by atoms with Crippen LogP contribution in [0.1, 0.15) is 6.42 Å². The van der Waals surface area contributed by atoms with Crippen molar-refractivity contribution in [3.05, 3.63) is 0 Å². The van der Waals surface area contributed by atoms with Gasteiger partial charge in [0.25, 0.3) is 0 Å². The van der Waals surface area contributed by atoms with E-state index >= 15 is 0 Å². The van der Waals surface area contributed by atoms with E-state index in [2.05, 4.69) is 35.5 Å². The van der Waals surface area contributed by atoms with Crippen molar-refractivity contribution in [2.75, 3.05) is 13.1 Å². The average Bonchev–Trinajstić information content (AvgIpc) is 2.38. The predicted octanol–water partition coefficient (Wildman–Crippen LogP) is 0.399. The minimum absolute atomic E-state index is 0.229. The van der Waals surface area contributed by atoms with Crippen molar-refractivity contribution in [2.24, 2.45) is 5.92 Å². The van der Waals surface area contributed by atoms with Crippen LogP contribution >= 0.6 is 24.8 Å². The molecule has 1 heterocycles. The largest absolute Gasteiger partial charge is 0.370 e. The summed E-state index contributed by atoms with van der Waals surface area (Å²) in [6.45, 7) is 2.17. The van der Waals surface area contributed by atoms with Crippen molar-refractivity contribution < 1.29 is 0 Å². The number of thiol groups is 1. The summed E-state index contributed by atoms with van der Waals surface area (Å²) < 4.78 is 0. The normalized spacial score (nSPS) is 27.9. The zero-order valence-corrected chi connectivity index (χ0v) is 7.42. The second-order valence-electron chi connectivity index (χ2n) is 2.48. The fourth-order valence-corrected chi connectivity index (χ4v) is 1.73. The predicted molar refractivity (Wildman–Crippen MR) is 50.5 cm³/mol. The van der Waals surface area contributed by atoms with E-state index in [0.717, 1.165) is 13.1 Å². The van der Waals surface area contributed by atoms with E-state index in [0.29, 0.717) is 5.92 Å². The molecule has 2 N–H and O–H groups in total. The molecule has 1 saturated heterocycles. The molecule has 58 valence electrons. The topological polar surface area (TPSA) is 24.1 Å². The average molecular weight is 176 g/mol. The van der Waals surface area contributed by atoms with Crippen molar-refractivity contribution in [1.82, 2.24) is 10.6 Å². The summed E-state index contributed by atoms with van der Waals surface area (Å²) in [6.07, 6.45) is 1.20. The summed E-state index contributed by atoms with van der Waals surface area (Å²) in [5.74, 6) is 0.627. The molecule has 10 heavy (non-hydrogen) atoms. The molecule has 0 amide bonds. The van der Waals surface area contributed by atoms with E-state index in [1.165, 1.54) is 11.9 Å². The van der Waals surface area contributed by atoms with Gasteiger partial charge in [0.1, 0.15) is 0 Å². The van der Waals surface area contributed by atoms with Crippen LogP contribution in [0.2, 0.25) is 0 Å². The van der Waals surface area contributed by atoms with Crippen molar-refractivity contribution in [3.63, 3.8) is 0 Å². The summed E-state index contributed by atoms with van der Waals surface area (Å²) in [7, 11) is 0.